The summed E-state index contributed by atoms with van der Waals surface area (Å²) in [7, 11) is -2.77. The van der Waals surface area contributed by atoms with E-state index >= 15 is 0 Å². The topological polar surface area (TPSA) is 94.7 Å². The first-order valence-corrected chi connectivity index (χ1v) is 9.82. The maximum absolute atomic E-state index is 13.0. The minimum absolute atomic E-state index is 0.0404. The summed E-state index contributed by atoms with van der Waals surface area (Å²) < 4.78 is 92.1. The maximum atomic E-state index is 13.0. The minimum atomic E-state index is -4.58. The highest BCUT2D eigenvalue weighted by Gasteiger charge is 2.32. The Labute approximate surface area is 173 Å². The van der Waals surface area contributed by atoms with E-state index in [0.717, 1.165) is 23.1 Å². The van der Waals surface area contributed by atoms with E-state index in [1.807, 2.05) is 0 Å². The third kappa shape index (κ3) is 3.49. The van der Waals surface area contributed by atoms with E-state index in [0.29, 0.717) is 11.6 Å². The predicted octanol–water partition coefficient (Wildman–Crippen LogP) is 3.28. The molecule has 3 aromatic heterocycles. The lowest BCUT2D eigenvalue weighted by molar-refractivity contribution is -0.137. The van der Waals surface area contributed by atoms with Crippen molar-refractivity contribution in [3.63, 3.8) is 0 Å². The average molecular weight is 439 g/mol. The highest BCUT2D eigenvalue weighted by molar-refractivity contribution is 7.92. The molecule has 12 heteroatoms. The SMILES string of the molecule is [2H]C([2H])([2H])c1ccc2cnn(C)c2c1NS(=O)(=O)c1ccc(-n2cc(C(F)(F)F)cn2)nc1. The van der Waals surface area contributed by atoms with Gasteiger partial charge >= 0.3 is 6.18 Å². The molecule has 0 saturated carbocycles. The third-order valence-electron chi connectivity index (χ3n) is 4.31. The fourth-order valence-corrected chi connectivity index (χ4v) is 3.86. The van der Waals surface area contributed by atoms with Gasteiger partial charge in [-0.05, 0) is 24.5 Å². The molecule has 0 aliphatic carbocycles. The van der Waals surface area contributed by atoms with Crippen LogP contribution in [0.3, 0.4) is 0 Å². The Hall–Kier alpha value is -3.41. The van der Waals surface area contributed by atoms with E-state index in [2.05, 4.69) is 19.9 Å². The molecule has 1 aromatic carbocycles. The summed E-state index contributed by atoms with van der Waals surface area (Å²) in [5.41, 5.74) is -1.08. The fourth-order valence-electron chi connectivity index (χ4n) is 2.82. The summed E-state index contributed by atoms with van der Waals surface area (Å²) in [6, 6.07) is 5.12. The van der Waals surface area contributed by atoms with E-state index in [1.54, 1.807) is 7.05 Å². The molecule has 0 spiro atoms. The summed E-state index contributed by atoms with van der Waals surface area (Å²) in [6.07, 6.45) is -0.838. The van der Waals surface area contributed by atoms with Crippen molar-refractivity contribution in [1.82, 2.24) is 24.5 Å². The van der Waals surface area contributed by atoms with Gasteiger partial charge in [-0.2, -0.15) is 23.4 Å². The molecule has 0 unspecified atom stereocenters. The molecule has 0 atom stereocenters. The number of halogens is 3. The van der Waals surface area contributed by atoms with Gasteiger partial charge in [-0.25, -0.2) is 18.1 Å². The van der Waals surface area contributed by atoms with Crippen LogP contribution in [0.1, 0.15) is 15.2 Å². The molecule has 0 aliphatic heterocycles. The molecule has 156 valence electrons. The molecular weight excluding hydrogens is 421 g/mol. The Morgan fingerprint density at radius 1 is 1.10 bits per heavy atom. The highest BCUT2D eigenvalue weighted by atomic mass is 32.2. The molecule has 8 nitrogen and oxygen atoms in total. The first-order chi connectivity index (χ1) is 15.3. The molecule has 30 heavy (non-hydrogen) atoms. The van der Waals surface area contributed by atoms with Gasteiger partial charge in [0.2, 0.25) is 0 Å². The normalized spacial score (nSPS) is 14.3. The summed E-state index contributed by atoms with van der Waals surface area (Å²) in [6.45, 7) is -2.62. The molecule has 0 bridgehead atoms. The standard InChI is InChI=1S/C18H15F3N6O2S/c1-11-3-4-12-7-23-26(2)17(12)16(11)25-30(28,29)14-5-6-15(22-9-14)27-10-13(8-24-27)18(19,20)21/h3-10,25H,1-2H3/i1D3. The second-order valence-electron chi connectivity index (χ2n) is 6.32. The van der Waals surface area contributed by atoms with Crippen molar-refractivity contribution in [2.24, 2.45) is 7.05 Å². The minimum Gasteiger partial charge on any atom is -0.277 e. The number of benzene rings is 1. The van der Waals surface area contributed by atoms with Crippen LogP contribution >= 0.6 is 0 Å². The lowest BCUT2D eigenvalue weighted by Crippen LogP contribution is -2.15. The lowest BCUT2D eigenvalue weighted by Gasteiger charge is -2.13. The van der Waals surface area contributed by atoms with Crippen LogP contribution in [-0.4, -0.2) is 33.0 Å². The largest absolute Gasteiger partial charge is 0.419 e. The predicted molar refractivity (Wildman–Crippen MR) is 103 cm³/mol. The van der Waals surface area contributed by atoms with Gasteiger partial charge in [-0.1, -0.05) is 12.1 Å². The zero-order valence-electron chi connectivity index (χ0n) is 18.2. The summed E-state index contributed by atoms with van der Waals surface area (Å²) in [4.78, 5) is 3.55. The number of sulfonamides is 1. The molecule has 0 aliphatic rings. The third-order valence-corrected chi connectivity index (χ3v) is 5.65. The molecule has 4 aromatic rings. The van der Waals surface area contributed by atoms with Crippen molar-refractivity contribution >= 4 is 26.6 Å². The van der Waals surface area contributed by atoms with Crippen LogP contribution in [0.25, 0.3) is 16.7 Å². The van der Waals surface area contributed by atoms with Gasteiger partial charge in [0.25, 0.3) is 10.0 Å². The summed E-state index contributed by atoms with van der Waals surface area (Å²) in [5, 5.41) is 8.15. The number of aromatic nitrogens is 5. The number of nitrogens with zero attached hydrogens (tertiary/aromatic N) is 5. The number of hydrogen-bond acceptors (Lipinski definition) is 5. The Morgan fingerprint density at radius 2 is 1.90 bits per heavy atom. The molecule has 3 heterocycles. The second-order valence-corrected chi connectivity index (χ2v) is 8.01. The first kappa shape index (κ1) is 16.4. The van der Waals surface area contributed by atoms with E-state index < -0.39 is 28.6 Å². The Bertz CT molecular complexity index is 1440. The number of alkyl halides is 3. The Kier molecular flexibility index (Phi) is 3.73. The second kappa shape index (κ2) is 6.83. The van der Waals surface area contributed by atoms with Gasteiger partial charge in [0, 0.05) is 28.9 Å². The van der Waals surface area contributed by atoms with Crippen molar-refractivity contribution in [3.05, 3.63) is 60.2 Å². The molecule has 0 amide bonds. The first-order valence-electron chi connectivity index (χ1n) is 9.84. The Balaban J connectivity index is 1.71. The van der Waals surface area contributed by atoms with Gasteiger partial charge < -0.3 is 0 Å². The van der Waals surface area contributed by atoms with Crippen molar-refractivity contribution in [2.75, 3.05) is 4.72 Å². The number of aryl methyl sites for hydroxylation is 2. The summed E-state index contributed by atoms with van der Waals surface area (Å²) >= 11 is 0. The number of fused-ring (bicyclic) bond motifs is 1. The zero-order valence-corrected chi connectivity index (χ0v) is 16.0. The maximum Gasteiger partial charge on any atom is 0.419 e. The van der Waals surface area contributed by atoms with E-state index in [-0.39, 0.29) is 27.5 Å². The number of nitrogens with one attached hydrogen (secondary N) is 1. The smallest absolute Gasteiger partial charge is 0.277 e. The molecule has 0 radical (unpaired) electrons. The van der Waals surface area contributed by atoms with Crippen LogP contribution in [-0.2, 0) is 23.2 Å². The van der Waals surface area contributed by atoms with E-state index in [4.69, 9.17) is 4.11 Å². The number of hydrogen-bond donors (Lipinski definition) is 1. The molecule has 4 rings (SSSR count). The van der Waals surface area contributed by atoms with E-state index in [9.17, 15) is 21.6 Å². The molecule has 0 fully saturated rings. The van der Waals surface area contributed by atoms with Crippen LogP contribution in [0.15, 0.2) is 53.9 Å². The molecule has 0 saturated heterocycles. The quantitative estimate of drug-likeness (QED) is 0.527. The van der Waals surface area contributed by atoms with Crippen molar-refractivity contribution in [3.8, 4) is 5.82 Å². The zero-order chi connectivity index (χ0) is 24.2. The van der Waals surface area contributed by atoms with E-state index in [1.165, 1.54) is 29.1 Å². The monoisotopic (exact) mass is 439 g/mol. The fraction of sp³-hybridized carbons (Fsp3) is 0.167. The number of rotatable bonds is 4. The van der Waals surface area contributed by atoms with Crippen LogP contribution in [0.5, 0.6) is 0 Å². The van der Waals surface area contributed by atoms with Crippen molar-refractivity contribution < 1.29 is 25.7 Å². The lowest BCUT2D eigenvalue weighted by atomic mass is 10.1. The van der Waals surface area contributed by atoms with Gasteiger partial charge in [0.05, 0.1) is 29.2 Å². The van der Waals surface area contributed by atoms with Crippen molar-refractivity contribution in [2.45, 2.75) is 17.9 Å². The van der Waals surface area contributed by atoms with Crippen molar-refractivity contribution in [1.29, 1.82) is 0 Å². The molecule has 1 N–H and O–H groups in total. The van der Waals surface area contributed by atoms with Gasteiger partial charge in [0.1, 0.15) is 4.90 Å². The van der Waals surface area contributed by atoms with Gasteiger partial charge in [-0.3, -0.25) is 9.40 Å². The van der Waals surface area contributed by atoms with Gasteiger partial charge in [0.15, 0.2) is 5.82 Å². The number of pyridine rings is 1. The average Bonchev–Trinajstić information content (AvgIpc) is 3.35. The number of anilines is 1. The summed E-state index contributed by atoms with van der Waals surface area (Å²) in [5.74, 6) is -0.0404. The van der Waals surface area contributed by atoms with Crippen LogP contribution < -0.4 is 4.72 Å². The van der Waals surface area contributed by atoms with Gasteiger partial charge in [-0.15, -0.1) is 0 Å². The highest BCUT2D eigenvalue weighted by Crippen LogP contribution is 2.30. The van der Waals surface area contributed by atoms with Crippen LogP contribution in [0.4, 0.5) is 18.9 Å². The Morgan fingerprint density at radius 3 is 2.53 bits per heavy atom. The molecular formula is C18H15F3N6O2S. The van der Waals surface area contributed by atoms with Crippen LogP contribution in [0, 0.1) is 6.85 Å². The van der Waals surface area contributed by atoms with Crippen LogP contribution in [0.2, 0.25) is 0 Å².